The van der Waals surface area contributed by atoms with Crippen molar-refractivity contribution in [1.29, 1.82) is 0 Å². The Hall–Kier alpha value is -0.0800. The molecule has 0 aliphatic carbocycles. The van der Waals surface area contributed by atoms with E-state index in [9.17, 15) is 8.42 Å². The van der Waals surface area contributed by atoms with Crippen molar-refractivity contribution in [2.45, 2.75) is 24.1 Å². The minimum Gasteiger partial charge on any atom is -0.383 e. The van der Waals surface area contributed by atoms with Crippen molar-refractivity contribution >= 4 is 45.6 Å². The highest BCUT2D eigenvalue weighted by Crippen LogP contribution is 2.26. The molecule has 1 heterocycles. The third kappa shape index (κ3) is 5.74. The molecule has 5 nitrogen and oxygen atoms in total. The van der Waals surface area contributed by atoms with E-state index >= 15 is 0 Å². The van der Waals surface area contributed by atoms with E-state index in [1.165, 1.54) is 0 Å². The van der Waals surface area contributed by atoms with Gasteiger partial charge in [-0.2, -0.15) is 0 Å². The van der Waals surface area contributed by atoms with Crippen molar-refractivity contribution in [1.82, 2.24) is 10.0 Å². The molecule has 1 aliphatic rings. The van der Waals surface area contributed by atoms with E-state index in [4.69, 9.17) is 27.9 Å². The van der Waals surface area contributed by atoms with Gasteiger partial charge in [-0.05, 0) is 31.5 Å². The van der Waals surface area contributed by atoms with Crippen molar-refractivity contribution in [3.8, 4) is 0 Å². The van der Waals surface area contributed by atoms with Crippen LogP contribution < -0.4 is 10.0 Å². The minimum atomic E-state index is -3.54. The SMILES string of the molecule is COCC1(CNS(=O)(=O)Cc2c(Cl)cccc2Cl)CCCN1.Cl. The van der Waals surface area contributed by atoms with Crippen LogP contribution in [0.3, 0.4) is 0 Å². The third-order valence-electron chi connectivity index (χ3n) is 3.78. The van der Waals surface area contributed by atoms with Crippen LogP contribution >= 0.6 is 35.6 Å². The van der Waals surface area contributed by atoms with Gasteiger partial charge >= 0.3 is 0 Å². The number of sulfonamides is 1. The third-order valence-corrected chi connectivity index (χ3v) is 5.74. The first-order valence-electron chi connectivity index (χ1n) is 7.02. The molecule has 2 N–H and O–H groups in total. The number of methoxy groups -OCH3 is 1. The van der Waals surface area contributed by atoms with E-state index in [0.717, 1.165) is 19.4 Å². The van der Waals surface area contributed by atoms with Gasteiger partial charge in [-0.25, -0.2) is 13.1 Å². The number of nitrogens with one attached hydrogen (secondary N) is 2. The van der Waals surface area contributed by atoms with Crippen molar-refractivity contribution < 1.29 is 13.2 Å². The Morgan fingerprint density at radius 2 is 2.00 bits per heavy atom. The molecular formula is C14H21Cl3N2O3S. The van der Waals surface area contributed by atoms with Crippen LogP contribution in [0.4, 0.5) is 0 Å². The second kappa shape index (κ2) is 8.85. The second-order valence-electron chi connectivity index (χ2n) is 5.52. The van der Waals surface area contributed by atoms with Crippen LogP contribution in [0.1, 0.15) is 18.4 Å². The Balaban J connectivity index is 0.00000264. The maximum atomic E-state index is 12.3. The van der Waals surface area contributed by atoms with Crippen LogP contribution in [-0.2, 0) is 20.5 Å². The van der Waals surface area contributed by atoms with Gasteiger partial charge in [-0.1, -0.05) is 29.3 Å². The Morgan fingerprint density at radius 1 is 1.35 bits per heavy atom. The molecule has 1 unspecified atom stereocenters. The number of benzene rings is 1. The van der Waals surface area contributed by atoms with Gasteiger partial charge in [0, 0.05) is 29.3 Å². The summed E-state index contributed by atoms with van der Waals surface area (Å²) in [6.07, 6.45) is 1.87. The van der Waals surface area contributed by atoms with Crippen molar-refractivity contribution in [3.63, 3.8) is 0 Å². The van der Waals surface area contributed by atoms with E-state index in [0.29, 0.717) is 22.2 Å². The van der Waals surface area contributed by atoms with E-state index in [2.05, 4.69) is 10.0 Å². The smallest absolute Gasteiger partial charge is 0.215 e. The summed E-state index contributed by atoms with van der Waals surface area (Å²) in [4.78, 5) is 0. The number of ether oxygens (including phenoxy) is 1. The lowest BCUT2D eigenvalue weighted by molar-refractivity contribution is 0.122. The zero-order chi connectivity index (χ0) is 16.2. The summed E-state index contributed by atoms with van der Waals surface area (Å²) in [7, 11) is -1.93. The number of hydrogen-bond acceptors (Lipinski definition) is 4. The minimum absolute atomic E-state index is 0. The first-order valence-corrected chi connectivity index (χ1v) is 9.42. The number of halogens is 3. The van der Waals surface area contributed by atoms with Crippen LogP contribution in [0.15, 0.2) is 18.2 Å². The highest BCUT2D eigenvalue weighted by atomic mass is 35.5. The van der Waals surface area contributed by atoms with Gasteiger partial charge < -0.3 is 10.1 Å². The highest BCUT2D eigenvalue weighted by Gasteiger charge is 2.34. The molecule has 0 aromatic heterocycles. The van der Waals surface area contributed by atoms with Gasteiger partial charge in [-0.15, -0.1) is 12.4 Å². The van der Waals surface area contributed by atoms with Gasteiger partial charge in [0.2, 0.25) is 10.0 Å². The standard InChI is InChI=1S/C14H20Cl2N2O3S.ClH/c1-21-10-14(6-3-7-17-14)9-18-22(19,20)8-11-12(15)4-2-5-13(11)16;/h2,4-5,17-18H,3,6-10H2,1H3;1H. The molecule has 1 aromatic rings. The van der Waals surface area contributed by atoms with Gasteiger partial charge in [0.25, 0.3) is 0 Å². The molecule has 0 spiro atoms. The quantitative estimate of drug-likeness (QED) is 0.734. The van der Waals surface area contributed by atoms with E-state index < -0.39 is 10.0 Å². The average molecular weight is 404 g/mol. The number of hydrogen-bond donors (Lipinski definition) is 2. The lowest BCUT2D eigenvalue weighted by Crippen LogP contribution is -2.53. The Morgan fingerprint density at radius 3 is 2.52 bits per heavy atom. The molecule has 132 valence electrons. The largest absolute Gasteiger partial charge is 0.383 e. The second-order valence-corrected chi connectivity index (χ2v) is 8.15. The predicted molar refractivity (Wildman–Crippen MR) is 96.2 cm³/mol. The highest BCUT2D eigenvalue weighted by molar-refractivity contribution is 7.88. The summed E-state index contributed by atoms with van der Waals surface area (Å²) in [5, 5.41) is 4.03. The average Bonchev–Trinajstić information content (AvgIpc) is 2.91. The molecule has 1 saturated heterocycles. The zero-order valence-electron chi connectivity index (χ0n) is 12.8. The van der Waals surface area contributed by atoms with Crippen molar-refractivity contribution in [3.05, 3.63) is 33.8 Å². The van der Waals surface area contributed by atoms with Gasteiger partial charge in [0.05, 0.1) is 17.9 Å². The molecule has 1 aliphatic heterocycles. The molecule has 1 fully saturated rings. The normalized spacial score (nSPS) is 21.2. The van der Waals surface area contributed by atoms with Crippen LogP contribution in [0.5, 0.6) is 0 Å². The Bertz CT molecular complexity index is 599. The number of rotatable bonds is 7. The molecule has 9 heteroatoms. The summed E-state index contributed by atoms with van der Waals surface area (Å²) in [6, 6.07) is 4.94. The fourth-order valence-electron chi connectivity index (χ4n) is 2.63. The fourth-order valence-corrected chi connectivity index (χ4v) is 4.61. The molecular weight excluding hydrogens is 383 g/mol. The maximum absolute atomic E-state index is 12.3. The lowest BCUT2D eigenvalue weighted by atomic mass is 9.99. The van der Waals surface area contributed by atoms with Crippen molar-refractivity contribution in [2.24, 2.45) is 0 Å². The molecule has 1 aromatic carbocycles. The first-order chi connectivity index (χ1) is 10.4. The molecule has 0 amide bonds. The summed E-state index contributed by atoms with van der Waals surface area (Å²) < 4.78 is 32.5. The van der Waals surface area contributed by atoms with Crippen LogP contribution in [0.2, 0.25) is 10.0 Å². The Labute approximate surface area is 153 Å². The van der Waals surface area contributed by atoms with Crippen LogP contribution in [-0.4, -0.2) is 40.8 Å². The molecule has 0 saturated carbocycles. The zero-order valence-corrected chi connectivity index (χ0v) is 15.9. The molecule has 23 heavy (non-hydrogen) atoms. The van der Waals surface area contributed by atoms with E-state index in [1.54, 1.807) is 25.3 Å². The maximum Gasteiger partial charge on any atom is 0.215 e. The lowest BCUT2D eigenvalue weighted by Gasteiger charge is -2.28. The topological polar surface area (TPSA) is 67.4 Å². The van der Waals surface area contributed by atoms with Crippen LogP contribution in [0, 0.1) is 0 Å². The van der Waals surface area contributed by atoms with Gasteiger partial charge in [-0.3, -0.25) is 0 Å². The molecule has 0 radical (unpaired) electrons. The summed E-state index contributed by atoms with van der Waals surface area (Å²) in [5.74, 6) is -0.241. The summed E-state index contributed by atoms with van der Waals surface area (Å²) in [6.45, 7) is 1.61. The molecule has 0 bridgehead atoms. The summed E-state index contributed by atoms with van der Waals surface area (Å²) >= 11 is 12.1. The summed E-state index contributed by atoms with van der Waals surface area (Å²) in [5.41, 5.74) is 0.0741. The van der Waals surface area contributed by atoms with Crippen molar-refractivity contribution in [2.75, 3.05) is 26.8 Å². The fraction of sp³-hybridized carbons (Fsp3) is 0.571. The molecule has 2 rings (SSSR count). The van der Waals surface area contributed by atoms with E-state index in [1.807, 2.05) is 0 Å². The predicted octanol–water partition coefficient (Wildman–Crippen LogP) is 2.60. The van der Waals surface area contributed by atoms with Crippen LogP contribution in [0.25, 0.3) is 0 Å². The van der Waals surface area contributed by atoms with E-state index in [-0.39, 0.29) is 30.2 Å². The van der Waals surface area contributed by atoms with Gasteiger partial charge in [0.15, 0.2) is 0 Å². The molecule has 1 atom stereocenters. The monoisotopic (exact) mass is 402 g/mol. The van der Waals surface area contributed by atoms with Gasteiger partial charge in [0.1, 0.15) is 0 Å². The first kappa shape index (κ1) is 21.0. The Kier molecular flexibility index (Phi) is 8.07.